The normalized spacial score (nSPS) is 20.0. The smallest absolute Gasteiger partial charge is 0.412 e. The number of hydrogen-bond acceptors (Lipinski definition) is 7. The first-order chi connectivity index (χ1) is 25.8. The zero-order valence-corrected chi connectivity index (χ0v) is 31.7. The number of aryl methyl sites for hydroxylation is 2. The van der Waals surface area contributed by atoms with Crippen molar-refractivity contribution in [2.75, 3.05) is 25.0 Å². The van der Waals surface area contributed by atoms with Crippen molar-refractivity contribution < 1.29 is 33.4 Å². The van der Waals surface area contributed by atoms with Crippen LogP contribution in [0.2, 0.25) is 0 Å². The zero-order chi connectivity index (χ0) is 38.7. The molecular formula is C42H53N5O7. The highest BCUT2D eigenvalue weighted by atomic mass is 16.6. The molecule has 0 aliphatic carbocycles. The molecule has 1 fully saturated rings. The molecule has 2 aliphatic rings. The maximum atomic E-state index is 14.1. The van der Waals surface area contributed by atoms with Crippen LogP contribution >= 0.6 is 0 Å². The summed E-state index contributed by atoms with van der Waals surface area (Å²) in [7, 11) is 0. The molecule has 54 heavy (non-hydrogen) atoms. The molecule has 3 aromatic rings. The van der Waals surface area contributed by atoms with Crippen molar-refractivity contribution in [2.24, 2.45) is 5.92 Å². The van der Waals surface area contributed by atoms with Crippen molar-refractivity contribution in [3.05, 3.63) is 95.1 Å². The lowest BCUT2D eigenvalue weighted by atomic mass is 9.94. The van der Waals surface area contributed by atoms with Gasteiger partial charge in [0.15, 0.2) is 0 Å². The summed E-state index contributed by atoms with van der Waals surface area (Å²) in [5, 5.41) is 11.3. The zero-order valence-electron chi connectivity index (χ0n) is 31.7. The second kappa shape index (κ2) is 18.6. The van der Waals surface area contributed by atoms with Gasteiger partial charge in [0.1, 0.15) is 23.4 Å². The van der Waals surface area contributed by atoms with Crippen molar-refractivity contribution >= 4 is 35.4 Å². The van der Waals surface area contributed by atoms with E-state index in [0.717, 1.165) is 41.7 Å². The Balaban J connectivity index is 1.34. The van der Waals surface area contributed by atoms with Gasteiger partial charge in [-0.05, 0) is 112 Å². The summed E-state index contributed by atoms with van der Waals surface area (Å²) in [5.41, 5.74) is 3.39. The Morgan fingerprint density at radius 3 is 2.44 bits per heavy atom. The van der Waals surface area contributed by atoms with Crippen LogP contribution in [0.4, 0.5) is 10.5 Å². The van der Waals surface area contributed by atoms with E-state index in [0.29, 0.717) is 43.8 Å². The first-order valence-electron chi connectivity index (χ1n) is 18.8. The molecule has 1 unspecified atom stereocenters. The molecule has 12 nitrogen and oxygen atoms in total. The van der Waals surface area contributed by atoms with Gasteiger partial charge in [0.05, 0.1) is 19.4 Å². The molecule has 1 saturated heterocycles. The van der Waals surface area contributed by atoms with E-state index in [4.69, 9.17) is 9.47 Å². The van der Waals surface area contributed by atoms with Gasteiger partial charge in [0.2, 0.25) is 23.6 Å². The highest BCUT2D eigenvalue weighted by Crippen LogP contribution is 2.23. The van der Waals surface area contributed by atoms with Crippen LogP contribution in [0.15, 0.2) is 72.8 Å². The number of fused-ring (bicyclic) bond motifs is 4. The molecule has 0 radical (unpaired) electrons. The first kappa shape index (κ1) is 39.8. The molecule has 0 saturated carbocycles. The van der Waals surface area contributed by atoms with Crippen LogP contribution in [0.25, 0.3) is 0 Å². The molecule has 5 rings (SSSR count). The predicted molar refractivity (Wildman–Crippen MR) is 206 cm³/mol. The van der Waals surface area contributed by atoms with Gasteiger partial charge in [-0.1, -0.05) is 48.5 Å². The van der Waals surface area contributed by atoms with Crippen molar-refractivity contribution in [1.82, 2.24) is 20.9 Å². The number of benzene rings is 3. The summed E-state index contributed by atoms with van der Waals surface area (Å²) in [6.45, 7) is 9.12. The number of rotatable bonds is 7. The third kappa shape index (κ3) is 12.3. The molecule has 4 N–H and O–H groups in total. The Morgan fingerprint density at radius 1 is 0.944 bits per heavy atom. The minimum atomic E-state index is -1.22. The fourth-order valence-corrected chi connectivity index (χ4v) is 6.67. The maximum absolute atomic E-state index is 14.1. The Hall–Kier alpha value is -5.39. The Morgan fingerprint density at radius 2 is 1.70 bits per heavy atom. The number of carbonyl (C=O) groups excluding carboxylic acids is 5. The van der Waals surface area contributed by atoms with E-state index in [1.165, 1.54) is 0 Å². The van der Waals surface area contributed by atoms with Crippen LogP contribution in [0.5, 0.6) is 5.75 Å². The summed E-state index contributed by atoms with van der Waals surface area (Å²) in [6.07, 6.45) is 2.45. The van der Waals surface area contributed by atoms with Crippen LogP contribution in [0.1, 0.15) is 75.1 Å². The van der Waals surface area contributed by atoms with E-state index >= 15 is 0 Å². The SMILES string of the molecule is Cc1ccc2cc1CNC(=O)[C@H](CCc1ccccc1)NC(=O)[C@@H](NC(=O)Cc1ccc(NC(=O)OC(C)(C)C)cc1)CC(=O)N1CCCC(CCO2)C1. The number of ether oxygens (including phenoxy) is 2. The second-order valence-electron chi connectivity index (χ2n) is 15.2. The van der Waals surface area contributed by atoms with Crippen molar-refractivity contribution in [3.63, 3.8) is 0 Å². The van der Waals surface area contributed by atoms with Gasteiger partial charge < -0.3 is 30.3 Å². The van der Waals surface area contributed by atoms with Crippen molar-refractivity contribution in [1.29, 1.82) is 0 Å². The summed E-state index contributed by atoms with van der Waals surface area (Å²) in [5.74, 6) is -0.733. The van der Waals surface area contributed by atoms with E-state index < -0.39 is 35.6 Å². The molecule has 3 atom stereocenters. The largest absolute Gasteiger partial charge is 0.494 e. The third-order valence-corrected chi connectivity index (χ3v) is 9.63. The number of piperidine rings is 1. The molecule has 2 heterocycles. The predicted octanol–water partition coefficient (Wildman–Crippen LogP) is 5.21. The minimum Gasteiger partial charge on any atom is -0.494 e. The molecule has 2 aliphatic heterocycles. The highest BCUT2D eigenvalue weighted by Gasteiger charge is 2.32. The number of carbonyl (C=O) groups is 5. The summed E-state index contributed by atoms with van der Waals surface area (Å²) in [6, 6.07) is 20.1. The average Bonchev–Trinajstić information content (AvgIpc) is 3.13. The van der Waals surface area contributed by atoms with Crippen molar-refractivity contribution in [2.45, 2.75) is 96.9 Å². The van der Waals surface area contributed by atoms with Gasteiger partial charge in [-0.15, -0.1) is 0 Å². The molecule has 12 heteroatoms. The van der Waals surface area contributed by atoms with Crippen LogP contribution in [0, 0.1) is 12.8 Å². The van der Waals surface area contributed by atoms with E-state index in [1.807, 2.05) is 55.5 Å². The molecular weight excluding hydrogens is 686 g/mol. The number of amides is 5. The number of nitrogens with one attached hydrogen (secondary N) is 4. The van der Waals surface area contributed by atoms with Gasteiger partial charge in [0.25, 0.3) is 0 Å². The van der Waals surface area contributed by atoms with Crippen LogP contribution in [0.3, 0.4) is 0 Å². The molecule has 288 valence electrons. The van der Waals surface area contributed by atoms with Gasteiger partial charge in [-0.2, -0.15) is 0 Å². The topological polar surface area (TPSA) is 155 Å². The quantitative estimate of drug-likeness (QED) is 0.259. The summed E-state index contributed by atoms with van der Waals surface area (Å²) >= 11 is 0. The fourth-order valence-electron chi connectivity index (χ4n) is 6.67. The van der Waals surface area contributed by atoms with Crippen molar-refractivity contribution in [3.8, 4) is 5.75 Å². The lowest BCUT2D eigenvalue weighted by molar-refractivity contribution is -0.138. The molecule has 4 bridgehead atoms. The van der Waals surface area contributed by atoms with E-state index in [1.54, 1.807) is 49.9 Å². The second-order valence-corrected chi connectivity index (χ2v) is 15.2. The number of anilines is 1. The minimum absolute atomic E-state index is 0.0766. The maximum Gasteiger partial charge on any atom is 0.412 e. The van der Waals surface area contributed by atoms with Gasteiger partial charge >= 0.3 is 6.09 Å². The summed E-state index contributed by atoms with van der Waals surface area (Å²) in [4.78, 5) is 69.0. The molecule has 0 spiro atoms. The molecule has 5 amide bonds. The Bertz CT molecular complexity index is 1770. The van der Waals surface area contributed by atoms with E-state index in [-0.39, 0.29) is 37.1 Å². The lowest BCUT2D eigenvalue weighted by Crippen LogP contribution is -2.55. The Kier molecular flexibility index (Phi) is 13.7. The lowest BCUT2D eigenvalue weighted by Gasteiger charge is -2.34. The van der Waals surface area contributed by atoms with Gasteiger partial charge in [-0.25, -0.2) is 4.79 Å². The first-order valence-corrected chi connectivity index (χ1v) is 18.8. The Labute approximate surface area is 317 Å². The fraction of sp³-hybridized carbons (Fsp3) is 0.452. The van der Waals surface area contributed by atoms with Gasteiger partial charge in [-0.3, -0.25) is 24.5 Å². The summed E-state index contributed by atoms with van der Waals surface area (Å²) < 4.78 is 11.4. The molecule has 3 aromatic carbocycles. The average molecular weight is 740 g/mol. The van der Waals surface area contributed by atoms with Gasteiger partial charge in [0, 0.05) is 25.3 Å². The number of hydrogen-bond donors (Lipinski definition) is 4. The van der Waals surface area contributed by atoms with E-state index in [9.17, 15) is 24.0 Å². The van der Waals surface area contributed by atoms with E-state index in [2.05, 4.69) is 21.3 Å². The molecule has 0 aromatic heterocycles. The highest BCUT2D eigenvalue weighted by molar-refractivity contribution is 5.95. The monoisotopic (exact) mass is 739 g/mol. The number of nitrogens with zero attached hydrogens (tertiary/aromatic N) is 1. The van der Waals surface area contributed by atoms with Crippen LogP contribution in [-0.2, 0) is 43.3 Å². The van der Waals surface area contributed by atoms with Crippen LogP contribution < -0.4 is 26.0 Å². The van der Waals surface area contributed by atoms with Crippen LogP contribution in [-0.4, -0.2) is 72.0 Å². The standard InChI is InChI=1S/C42H53N5O7/c1-28-12-18-34-24-32(28)26-43-39(50)35(19-15-29-9-6-5-7-10-29)46-40(51)36(25-38(49)47-21-8-11-31(27-47)20-22-53-34)45-37(48)23-30-13-16-33(17-14-30)44-41(52)54-42(2,3)4/h5-7,9-10,12-14,16-18,24,31,35-36H,8,11,15,19-23,25-27H2,1-4H3,(H,43,50)(H,44,52)(H,45,48)(H,46,51)/t31?,35-,36-/m0/s1. The third-order valence-electron chi connectivity index (χ3n) is 9.63.